The highest BCUT2D eigenvalue weighted by atomic mass is 32.2. The van der Waals surface area contributed by atoms with Gasteiger partial charge < -0.3 is 15.5 Å². The van der Waals surface area contributed by atoms with Crippen molar-refractivity contribution in [3.05, 3.63) is 29.8 Å². The number of anilines is 1. The van der Waals surface area contributed by atoms with Crippen LogP contribution in [0.2, 0.25) is 0 Å². The molecule has 0 aromatic heterocycles. The van der Waals surface area contributed by atoms with Crippen LogP contribution in [0.25, 0.3) is 0 Å². The van der Waals surface area contributed by atoms with E-state index in [1.54, 1.807) is 0 Å². The van der Waals surface area contributed by atoms with Gasteiger partial charge in [-0.15, -0.1) is 0 Å². The van der Waals surface area contributed by atoms with E-state index in [0.717, 1.165) is 30.8 Å². The molecule has 1 aromatic carbocycles. The van der Waals surface area contributed by atoms with Crippen molar-refractivity contribution in [3.63, 3.8) is 0 Å². The van der Waals surface area contributed by atoms with Gasteiger partial charge in [-0.1, -0.05) is 26.0 Å². The van der Waals surface area contributed by atoms with Crippen molar-refractivity contribution in [1.29, 1.82) is 0 Å². The summed E-state index contributed by atoms with van der Waals surface area (Å²) in [6.45, 7) is 5.69. The van der Waals surface area contributed by atoms with Crippen LogP contribution in [-0.2, 0) is 20.4 Å². The third-order valence-electron chi connectivity index (χ3n) is 5.10. The number of piperazine rings is 1. The van der Waals surface area contributed by atoms with Gasteiger partial charge in [-0.2, -0.15) is 0 Å². The normalized spacial score (nSPS) is 22.9. The fourth-order valence-electron chi connectivity index (χ4n) is 3.87. The molecule has 0 spiro atoms. The smallest absolute Gasteiger partial charge is 0.225 e. The van der Waals surface area contributed by atoms with Crippen molar-refractivity contribution in [2.75, 3.05) is 30.3 Å². The molecule has 2 aliphatic rings. The summed E-state index contributed by atoms with van der Waals surface area (Å²) >= 11 is 0. The number of benzene rings is 1. The maximum absolute atomic E-state index is 12.3. The predicted molar refractivity (Wildman–Crippen MR) is 99.1 cm³/mol. The molecule has 2 aliphatic heterocycles. The zero-order valence-electron chi connectivity index (χ0n) is 14.9. The number of amides is 1. The Hall–Kier alpha value is -1.60. The summed E-state index contributed by atoms with van der Waals surface area (Å²) in [6, 6.07) is 8.40. The van der Waals surface area contributed by atoms with E-state index in [1.807, 2.05) is 43.0 Å². The molecule has 138 valence electrons. The van der Waals surface area contributed by atoms with E-state index in [1.165, 1.54) is 0 Å². The maximum atomic E-state index is 12.3. The molecule has 2 atom stereocenters. The van der Waals surface area contributed by atoms with Crippen LogP contribution in [0.15, 0.2) is 24.3 Å². The standard InChI is InChI=1S/C18H27N3O3S/c1-13(2)18(22)21-11-16-9-17(21)10-20(16)15-5-3-14(4-6-15)12-25(23,24)8-7-19/h3-6,13,16-17H,7-12,19H2,1-2H3/t16?,17-/m0/s1. The van der Waals surface area contributed by atoms with Gasteiger partial charge in [0.15, 0.2) is 9.84 Å². The number of carbonyl (C=O) groups excluding carboxylic acids is 1. The monoisotopic (exact) mass is 365 g/mol. The Kier molecular flexibility index (Phi) is 5.06. The van der Waals surface area contributed by atoms with E-state index in [0.29, 0.717) is 12.1 Å². The minimum atomic E-state index is -3.13. The number of sulfone groups is 1. The van der Waals surface area contributed by atoms with Gasteiger partial charge in [-0.05, 0) is 24.1 Å². The van der Waals surface area contributed by atoms with Crippen molar-refractivity contribution in [2.24, 2.45) is 11.7 Å². The fourth-order valence-corrected chi connectivity index (χ4v) is 5.08. The molecule has 7 heteroatoms. The first-order valence-corrected chi connectivity index (χ1v) is 10.7. The van der Waals surface area contributed by atoms with Gasteiger partial charge in [-0.25, -0.2) is 8.42 Å². The second-order valence-electron chi connectivity index (χ2n) is 7.39. The van der Waals surface area contributed by atoms with Gasteiger partial charge in [0.05, 0.1) is 17.5 Å². The Balaban J connectivity index is 1.65. The lowest BCUT2D eigenvalue weighted by molar-refractivity contribution is -0.135. The largest absolute Gasteiger partial charge is 0.365 e. The van der Waals surface area contributed by atoms with Crippen LogP contribution in [-0.4, -0.2) is 56.7 Å². The highest BCUT2D eigenvalue weighted by molar-refractivity contribution is 7.90. The van der Waals surface area contributed by atoms with Gasteiger partial charge in [0.1, 0.15) is 0 Å². The Bertz CT molecular complexity index is 730. The first kappa shape index (κ1) is 18.2. The fraction of sp³-hybridized carbons (Fsp3) is 0.611. The number of rotatable bonds is 6. The quantitative estimate of drug-likeness (QED) is 0.813. The number of nitrogens with two attached hydrogens (primary N) is 1. The molecule has 0 saturated carbocycles. The van der Waals surface area contributed by atoms with Crippen molar-refractivity contribution in [1.82, 2.24) is 4.90 Å². The third kappa shape index (κ3) is 3.82. The molecule has 1 aromatic rings. The molecule has 6 nitrogen and oxygen atoms in total. The van der Waals surface area contributed by atoms with Crippen LogP contribution in [0.4, 0.5) is 5.69 Å². The Morgan fingerprint density at radius 2 is 1.88 bits per heavy atom. The van der Waals surface area contributed by atoms with E-state index in [-0.39, 0.29) is 29.9 Å². The van der Waals surface area contributed by atoms with Crippen LogP contribution >= 0.6 is 0 Å². The van der Waals surface area contributed by atoms with E-state index >= 15 is 0 Å². The zero-order valence-corrected chi connectivity index (χ0v) is 15.7. The molecule has 2 bridgehead atoms. The minimum Gasteiger partial charge on any atom is -0.365 e. The summed E-state index contributed by atoms with van der Waals surface area (Å²) < 4.78 is 23.7. The average molecular weight is 365 g/mol. The molecule has 0 radical (unpaired) electrons. The number of nitrogens with zero attached hydrogens (tertiary/aromatic N) is 2. The summed E-state index contributed by atoms with van der Waals surface area (Å²) in [5.41, 5.74) is 7.24. The molecule has 2 N–H and O–H groups in total. The summed E-state index contributed by atoms with van der Waals surface area (Å²) in [5, 5.41) is 0. The van der Waals surface area contributed by atoms with Crippen LogP contribution < -0.4 is 10.6 Å². The molecule has 2 fully saturated rings. The van der Waals surface area contributed by atoms with Crippen molar-refractivity contribution in [3.8, 4) is 0 Å². The van der Waals surface area contributed by atoms with Crippen LogP contribution in [0.1, 0.15) is 25.8 Å². The van der Waals surface area contributed by atoms with E-state index in [2.05, 4.69) is 4.90 Å². The lowest BCUT2D eigenvalue weighted by Gasteiger charge is -2.36. The van der Waals surface area contributed by atoms with Crippen molar-refractivity contribution >= 4 is 21.4 Å². The van der Waals surface area contributed by atoms with E-state index < -0.39 is 9.84 Å². The van der Waals surface area contributed by atoms with Crippen LogP contribution in [0, 0.1) is 5.92 Å². The highest BCUT2D eigenvalue weighted by Crippen LogP contribution is 2.35. The first-order valence-electron chi connectivity index (χ1n) is 8.87. The maximum Gasteiger partial charge on any atom is 0.225 e. The molecule has 25 heavy (non-hydrogen) atoms. The zero-order chi connectivity index (χ0) is 18.2. The summed E-state index contributed by atoms with van der Waals surface area (Å²) in [5.74, 6) is 0.340. The molecule has 3 rings (SSSR count). The van der Waals surface area contributed by atoms with E-state index in [9.17, 15) is 13.2 Å². The lowest BCUT2D eigenvalue weighted by Crippen LogP contribution is -2.50. The average Bonchev–Trinajstić information content (AvgIpc) is 3.14. The predicted octanol–water partition coefficient (Wildman–Crippen LogP) is 1.01. The van der Waals surface area contributed by atoms with Gasteiger partial charge in [0, 0.05) is 37.3 Å². The SMILES string of the molecule is CC(C)C(=O)N1CC2C[C@H]1CN2c1ccc(CS(=O)(=O)CCN)cc1. The van der Waals surface area contributed by atoms with Gasteiger partial charge in [-0.3, -0.25) is 4.79 Å². The van der Waals surface area contributed by atoms with Crippen LogP contribution in [0.3, 0.4) is 0 Å². The number of carbonyl (C=O) groups is 1. The lowest BCUT2D eigenvalue weighted by atomic mass is 10.1. The van der Waals surface area contributed by atoms with Crippen molar-refractivity contribution < 1.29 is 13.2 Å². The van der Waals surface area contributed by atoms with Gasteiger partial charge >= 0.3 is 0 Å². The summed E-state index contributed by atoms with van der Waals surface area (Å²) in [7, 11) is -3.13. The molecule has 1 amide bonds. The summed E-state index contributed by atoms with van der Waals surface area (Å²) in [6.07, 6.45) is 1.02. The Morgan fingerprint density at radius 3 is 2.40 bits per heavy atom. The second kappa shape index (κ2) is 6.96. The number of fused-ring (bicyclic) bond motifs is 2. The molecular weight excluding hydrogens is 338 g/mol. The first-order chi connectivity index (χ1) is 11.8. The van der Waals surface area contributed by atoms with Gasteiger partial charge in [0.2, 0.25) is 5.91 Å². The summed E-state index contributed by atoms with van der Waals surface area (Å²) in [4.78, 5) is 16.6. The Labute approximate surface area is 149 Å². The molecule has 2 heterocycles. The molecular formula is C18H27N3O3S. The van der Waals surface area contributed by atoms with Crippen LogP contribution in [0.5, 0.6) is 0 Å². The third-order valence-corrected chi connectivity index (χ3v) is 6.73. The number of likely N-dealkylation sites (tertiary alicyclic amines) is 1. The number of hydrogen-bond donors (Lipinski definition) is 1. The second-order valence-corrected chi connectivity index (χ2v) is 9.57. The topological polar surface area (TPSA) is 83.7 Å². The Morgan fingerprint density at radius 1 is 1.20 bits per heavy atom. The number of hydrogen-bond acceptors (Lipinski definition) is 5. The van der Waals surface area contributed by atoms with Gasteiger partial charge in [0.25, 0.3) is 0 Å². The molecule has 2 saturated heterocycles. The van der Waals surface area contributed by atoms with E-state index in [4.69, 9.17) is 5.73 Å². The highest BCUT2D eigenvalue weighted by Gasteiger charge is 2.45. The molecule has 0 aliphatic carbocycles. The molecule has 1 unspecified atom stereocenters. The minimum absolute atomic E-state index is 0.0182. The van der Waals surface area contributed by atoms with Crippen molar-refractivity contribution in [2.45, 2.75) is 38.1 Å².